The van der Waals surface area contributed by atoms with E-state index >= 15 is 0 Å². The van der Waals surface area contributed by atoms with Crippen molar-refractivity contribution in [3.8, 4) is 17.7 Å². The minimum atomic E-state index is -1.13. The number of Topliss-reactive ketones (excluding diaryl/α,β-unsaturated/α-hetero) is 1. The lowest BCUT2D eigenvalue weighted by Gasteiger charge is -2.20. The molecule has 158 valence electrons. The number of ketones is 1. The fourth-order valence-corrected chi connectivity index (χ4v) is 3.24. The minimum Gasteiger partial charge on any atom is -0.494 e. The van der Waals surface area contributed by atoms with Crippen molar-refractivity contribution in [2.24, 2.45) is 0 Å². The second-order valence-corrected chi connectivity index (χ2v) is 6.87. The van der Waals surface area contributed by atoms with Crippen molar-refractivity contribution >= 4 is 5.78 Å². The number of carbonyl (C=O) groups is 1. The number of nitrogens with zero attached hydrogens (tertiary/aromatic N) is 3. The van der Waals surface area contributed by atoms with Gasteiger partial charge in [-0.05, 0) is 42.7 Å². The maximum absolute atomic E-state index is 14.0. The van der Waals surface area contributed by atoms with Crippen molar-refractivity contribution < 1.29 is 19.0 Å². The van der Waals surface area contributed by atoms with Crippen molar-refractivity contribution in [1.82, 2.24) is 9.55 Å². The Morgan fingerprint density at radius 3 is 2.68 bits per heavy atom. The highest BCUT2D eigenvalue weighted by molar-refractivity contribution is 6.03. The zero-order chi connectivity index (χ0) is 22.5. The molecule has 1 aromatic carbocycles. The molecule has 2 aromatic heterocycles. The van der Waals surface area contributed by atoms with Gasteiger partial charge in [0.05, 0.1) is 12.1 Å². The van der Waals surface area contributed by atoms with Gasteiger partial charge in [0.25, 0.3) is 5.56 Å². The van der Waals surface area contributed by atoms with Gasteiger partial charge in [-0.3, -0.25) is 19.1 Å². The predicted octanol–water partition coefficient (Wildman–Crippen LogP) is 3.36. The number of ether oxygens (including phenoxy) is 1. The number of para-hydroxylation sites is 1. The summed E-state index contributed by atoms with van der Waals surface area (Å²) in [6.07, 6.45) is 2.12. The van der Waals surface area contributed by atoms with Crippen molar-refractivity contribution in [2.75, 3.05) is 0 Å². The van der Waals surface area contributed by atoms with E-state index in [1.807, 2.05) is 6.07 Å². The normalized spacial score (nSPS) is 11.5. The first-order valence-corrected chi connectivity index (χ1v) is 9.59. The van der Waals surface area contributed by atoms with Gasteiger partial charge in [0.2, 0.25) is 11.7 Å². The molecule has 8 heteroatoms. The lowest BCUT2D eigenvalue weighted by molar-refractivity contribution is 0.0774. The molecular weight excluding hydrogens is 401 g/mol. The lowest BCUT2D eigenvalue weighted by Crippen LogP contribution is -2.32. The number of pyridine rings is 2. The van der Waals surface area contributed by atoms with E-state index in [2.05, 4.69) is 4.98 Å². The molecule has 0 bridgehead atoms. The van der Waals surface area contributed by atoms with Gasteiger partial charge < -0.3 is 9.84 Å². The summed E-state index contributed by atoms with van der Waals surface area (Å²) in [7, 11) is 0. The zero-order valence-corrected chi connectivity index (χ0v) is 17.0. The van der Waals surface area contributed by atoms with Crippen LogP contribution in [0.2, 0.25) is 0 Å². The van der Waals surface area contributed by atoms with E-state index in [4.69, 9.17) is 4.74 Å². The summed E-state index contributed by atoms with van der Waals surface area (Å²) < 4.78 is 20.5. The molecule has 0 aliphatic heterocycles. The van der Waals surface area contributed by atoms with Gasteiger partial charge in [-0.15, -0.1) is 0 Å². The predicted molar refractivity (Wildman–Crippen MR) is 111 cm³/mol. The van der Waals surface area contributed by atoms with Gasteiger partial charge in [-0.25, -0.2) is 4.39 Å². The fraction of sp³-hybridized carbons (Fsp3) is 0.217. The van der Waals surface area contributed by atoms with Gasteiger partial charge in [0.1, 0.15) is 11.6 Å². The molecule has 0 radical (unpaired) electrons. The van der Waals surface area contributed by atoms with Crippen LogP contribution in [0.5, 0.6) is 11.6 Å². The molecule has 1 unspecified atom stereocenters. The number of nitriles is 1. The number of aromatic hydroxyl groups is 1. The topological polar surface area (TPSA) is 105 Å². The van der Waals surface area contributed by atoms with Gasteiger partial charge in [0.15, 0.2) is 17.7 Å². The summed E-state index contributed by atoms with van der Waals surface area (Å²) in [4.78, 5) is 30.0. The SMILES string of the molecule is CCC(Oc1ccccc1F)C(=O)c1c(C)c(C#N)c(=O)n(Cc2cccnc2)c1O. The number of halogens is 1. The molecule has 2 heterocycles. The Morgan fingerprint density at radius 2 is 2.06 bits per heavy atom. The second kappa shape index (κ2) is 9.22. The molecule has 0 spiro atoms. The first kappa shape index (κ1) is 21.7. The Morgan fingerprint density at radius 1 is 1.32 bits per heavy atom. The number of hydrogen-bond acceptors (Lipinski definition) is 6. The zero-order valence-electron chi connectivity index (χ0n) is 17.0. The Bertz CT molecular complexity index is 1220. The van der Waals surface area contributed by atoms with Crippen LogP contribution in [0.15, 0.2) is 53.6 Å². The van der Waals surface area contributed by atoms with Crippen LogP contribution < -0.4 is 10.3 Å². The maximum Gasteiger partial charge on any atom is 0.271 e. The summed E-state index contributed by atoms with van der Waals surface area (Å²) in [6, 6.07) is 10.8. The van der Waals surface area contributed by atoms with E-state index in [1.165, 1.54) is 31.3 Å². The van der Waals surface area contributed by atoms with Crippen LogP contribution in [0.4, 0.5) is 4.39 Å². The molecule has 0 saturated carbocycles. The van der Waals surface area contributed by atoms with Crippen molar-refractivity contribution in [1.29, 1.82) is 5.26 Å². The van der Waals surface area contributed by atoms with Crippen LogP contribution in [0.1, 0.15) is 40.4 Å². The van der Waals surface area contributed by atoms with Crippen molar-refractivity contribution in [2.45, 2.75) is 32.9 Å². The third kappa shape index (κ3) is 4.31. The van der Waals surface area contributed by atoms with Crippen LogP contribution in [0, 0.1) is 24.1 Å². The largest absolute Gasteiger partial charge is 0.494 e. The first-order valence-electron chi connectivity index (χ1n) is 9.59. The number of rotatable bonds is 7. The van der Waals surface area contributed by atoms with E-state index in [-0.39, 0.29) is 35.4 Å². The van der Waals surface area contributed by atoms with Crippen molar-refractivity contribution in [3.05, 3.63) is 87.2 Å². The van der Waals surface area contributed by atoms with Crippen LogP contribution in [-0.4, -0.2) is 26.5 Å². The molecule has 1 atom stereocenters. The van der Waals surface area contributed by atoms with Crippen molar-refractivity contribution in [3.63, 3.8) is 0 Å². The Kier molecular flexibility index (Phi) is 6.46. The molecule has 7 nitrogen and oxygen atoms in total. The third-order valence-corrected chi connectivity index (χ3v) is 4.88. The van der Waals surface area contributed by atoms with Gasteiger partial charge in [-0.1, -0.05) is 25.1 Å². The number of benzene rings is 1. The standard InChI is InChI=1S/C23H20FN3O4/c1-3-18(31-19-9-5-4-8-17(19)24)21(28)20-14(2)16(11-25)22(29)27(23(20)30)13-15-7-6-10-26-12-15/h4-10,12,18,30H,3,13H2,1-2H3. The summed E-state index contributed by atoms with van der Waals surface area (Å²) in [5.41, 5.74) is -0.538. The van der Waals surface area contributed by atoms with Gasteiger partial charge >= 0.3 is 0 Å². The minimum absolute atomic E-state index is 0.0491. The molecule has 3 rings (SSSR count). The highest BCUT2D eigenvalue weighted by Crippen LogP contribution is 2.27. The third-order valence-electron chi connectivity index (χ3n) is 4.88. The molecule has 1 N–H and O–H groups in total. The molecule has 0 aliphatic carbocycles. The highest BCUT2D eigenvalue weighted by Gasteiger charge is 2.30. The Balaban J connectivity index is 2.09. The van der Waals surface area contributed by atoms with Crippen LogP contribution in [0.3, 0.4) is 0 Å². The Labute approximate surface area is 178 Å². The van der Waals surface area contributed by atoms with E-state index < -0.39 is 29.1 Å². The van der Waals surface area contributed by atoms with E-state index in [0.717, 1.165) is 4.57 Å². The maximum atomic E-state index is 14.0. The van der Waals surface area contributed by atoms with Gasteiger partial charge in [-0.2, -0.15) is 5.26 Å². The molecule has 0 fully saturated rings. The van der Waals surface area contributed by atoms with E-state index in [1.54, 1.807) is 31.3 Å². The summed E-state index contributed by atoms with van der Waals surface area (Å²) in [6.45, 7) is 3.00. The highest BCUT2D eigenvalue weighted by atomic mass is 19.1. The Hall–Kier alpha value is -3.99. The number of aromatic nitrogens is 2. The van der Waals surface area contributed by atoms with Crippen LogP contribution >= 0.6 is 0 Å². The quantitative estimate of drug-likeness (QED) is 0.587. The number of carbonyl (C=O) groups excluding carboxylic acids is 1. The van der Waals surface area contributed by atoms with E-state index in [0.29, 0.717) is 5.56 Å². The lowest BCUT2D eigenvalue weighted by atomic mass is 9.97. The molecule has 3 aromatic rings. The smallest absolute Gasteiger partial charge is 0.271 e. The number of hydrogen-bond donors (Lipinski definition) is 1. The second-order valence-electron chi connectivity index (χ2n) is 6.87. The van der Waals surface area contributed by atoms with Crippen LogP contribution in [-0.2, 0) is 6.54 Å². The fourth-order valence-electron chi connectivity index (χ4n) is 3.24. The molecule has 0 amide bonds. The van der Waals surface area contributed by atoms with Gasteiger partial charge in [0, 0.05) is 12.4 Å². The molecular formula is C23H20FN3O4. The monoisotopic (exact) mass is 421 g/mol. The van der Waals surface area contributed by atoms with Crippen LogP contribution in [0.25, 0.3) is 0 Å². The molecule has 0 saturated heterocycles. The average molecular weight is 421 g/mol. The van der Waals surface area contributed by atoms with E-state index in [9.17, 15) is 24.3 Å². The molecule has 0 aliphatic rings. The first-order chi connectivity index (χ1) is 14.9. The summed E-state index contributed by atoms with van der Waals surface area (Å²) in [5, 5.41) is 20.4. The summed E-state index contributed by atoms with van der Waals surface area (Å²) >= 11 is 0. The average Bonchev–Trinajstić information content (AvgIpc) is 2.77. The summed E-state index contributed by atoms with van der Waals surface area (Å²) in [5.74, 6) is -1.97. The molecule has 31 heavy (non-hydrogen) atoms.